The van der Waals surface area contributed by atoms with E-state index >= 15 is 0 Å². The highest BCUT2D eigenvalue weighted by atomic mass is 28.4. The zero-order chi connectivity index (χ0) is 15.1. The van der Waals surface area contributed by atoms with E-state index in [9.17, 15) is 9.90 Å². The fourth-order valence-electron chi connectivity index (χ4n) is 2.12. The first-order chi connectivity index (χ1) is 9.12. The van der Waals surface area contributed by atoms with Crippen molar-refractivity contribution in [3.8, 4) is 0 Å². The molecular formula is C13H23N3O3Si. The van der Waals surface area contributed by atoms with Crippen LogP contribution in [0.25, 0.3) is 0 Å². The molecule has 1 aliphatic heterocycles. The molecule has 20 heavy (non-hydrogen) atoms. The molecule has 0 aromatic carbocycles. The summed E-state index contributed by atoms with van der Waals surface area (Å²) < 4.78 is 8.03. The molecule has 0 spiro atoms. The quantitative estimate of drug-likeness (QED) is 0.867. The molecule has 0 aliphatic carbocycles. The van der Waals surface area contributed by atoms with Crippen LogP contribution in [0.3, 0.4) is 0 Å². The third-order valence-electron chi connectivity index (χ3n) is 4.42. The maximum atomic E-state index is 11.3. The summed E-state index contributed by atoms with van der Waals surface area (Å²) in [6.45, 7) is 11.2. The average Bonchev–Trinajstić information content (AvgIpc) is 2.74. The number of carboxylic acid groups (broad SMARTS) is 1. The van der Waals surface area contributed by atoms with Crippen LogP contribution in [0.15, 0.2) is 6.33 Å². The Bertz CT molecular complexity index is 507. The Morgan fingerprint density at radius 1 is 1.50 bits per heavy atom. The number of fused-ring (bicyclic) bond motifs is 1. The monoisotopic (exact) mass is 297 g/mol. The van der Waals surface area contributed by atoms with Crippen LogP contribution in [0.1, 0.15) is 39.1 Å². The van der Waals surface area contributed by atoms with Crippen molar-refractivity contribution in [1.82, 2.24) is 14.8 Å². The highest BCUT2D eigenvalue weighted by Gasteiger charge is 2.43. The molecule has 1 aromatic rings. The van der Waals surface area contributed by atoms with Gasteiger partial charge < -0.3 is 9.53 Å². The van der Waals surface area contributed by atoms with Gasteiger partial charge in [-0.15, -0.1) is 0 Å². The Labute approximate surface area is 120 Å². The van der Waals surface area contributed by atoms with Gasteiger partial charge in [0.2, 0.25) is 0 Å². The molecule has 2 rings (SSSR count). The van der Waals surface area contributed by atoms with Gasteiger partial charge in [-0.2, -0.15) is 5.10 Å². The van der Waals surface area contributed by atoms with E-state index in [2.05, 4.69) is 43.9 Å². The Kier molecular flexibility index (Phi) is 3.77. The van der Waals surface area contributed by atoms with E-state index in [1.807, 2.05) is 0 Å². The van der Waals surface area contributed by atoms with E-state index < -0.39 is 20.2 Å². The summed E-state index contributed by atoms with van der Waals surface area (Å²) in [6, 6.07) is 0. The number of aromatic nitrogens is 3. The van der Waals surface area contributed by atoms with Crippen LogP contribution >= 0.6 is 0 Å². The first kappa shape index (κ1) is 15.2. The van der Waals surface area contributed by atoms with E-state index in [1.54, 1.807) is 4.68 Å². The smallest absolute Gasteiger partial charge is 0.308 e. The molecule has 0 fully saturated rings. The van der Waals surface area contributed by atoms with E-state index in [1.165, 1.54) is 6.33 Å². The van der Waals surface area contributed by atoms with Gasteiger partial charge in [-0.05, 0) is 24.6 Å². The van der Waals surface area contributed by atoms with Crippen LogP contribution in [0.5, 0.6) is 0 Å². The van der Waals surface area contributed by atoms with E-state index in [-0.39, 0.29) is 11.1 Å². The molecule has 1 N–H and O–H groups in total. The van der Waals surface area contributed by atoms with Crippen molar-refractivity contribution < 1.29 is 14.3 Å². The molecule has 1 aromatic heterocycles. The summed E-state index contributed by atoms with van der Waals surface area (Å²) in [5, 5.41) is 13.5. The van der Waals surface area contributed by atoms with Crippen LogP contribution in [0.2, 0.25) is 18.1 Å². The van der Waals surface area contributed by atoms with Gasteiger partial charge >= 0.3 is 5.97 Å². The molecule has 6 nitrogen and oxygen atoms in total. The van der Waals surface area contributed by atoms with E-state index in [0.29, 0.717) is 13.0 Å². The van der Waals surface area contributed by atoms with Crippen molar-refractivity contribution in [2.24, 2.45) is 5.92 Å². The molecule has 7 heteroatoms. The Morgan fingerprint density at radius 3 is 2.70 bits per heavy atom. The van der Waals surface area contributed by atoms with Crippen molar-refractivity contribution in [2.45, 2.75) is 58.0 Å². The average molecular weight is 297 g/mol. The minimum Gasteiger partial charge on any atom is -0.481 e. The summed E-state index contributed by atoms with van der Waals surface area (Å²) in [7, 11) is -1.97. The number of hydrogen-bond acceptors (Lipinski definition) is 4. The van der Waals surface area contributed by atoms with Gasteiger partial charge in [0.15, 0.2) is 14.1 Å². The normalized spacial score (nSPS) is 23.4. The number of nitrogens with zero attached hydrogens (tertiary/aromatic N) is 3. The highest BCUT2D eigenvalue weighted by Crippen LogP contribution is 2.42. The third kappa shape index (κ3) is 2.78. The van der Waals surface area contributed by atoms with Crippen LogP contribution in [0.4, 0.5) is 0 Å². The van der Waals surface area contributed by atoms with Crippen LogP contribution in [-0.2, 0) is 15.8 Å². The maximum Gasteiger partial charge on any atom is 0.308 e. The second kappa shape index (κ2) is 4.96. The summed E-state index contributed by atoms with van der Waals surface area (Å²) in [5.74, 6) is -0.499. The molecule has 0 amide bonds. The van der Waals surface area contributed by atoms with E-state index in [0.717, 1.165) is 5.82 Å². The Hall–Kier alpha value is -1.21. The first-order valence-electron chi connectivity index (χ1n) is 6.90. The van der Waals surface area contributed by atoms with Gasteiger partial charge in [0, 0.05) is 0 Å². The zero-order valence-electron chi connectivity index (χ0n) is 12.8. The topological polar surface area (TPSA) is 77.2 Å². The summed E-state index contributed by atoms with van der Waals surface area (Å²) >= 11 is 0. The Morgan fingerprint density at radius 2 is 2.15 bits per heavy atom. The van der Waals surface area contributed by atoms with Crippen molar-refractivity contribution in [3.63, 3.8) is 0 Å². The predicted molar refractivity (Wildman–Crippen MR) is 76.8 cm³/mol. The highest BCUT2D eigenvalue weighted by molar-refractivity contribution is 6.74. The van der Waals surface area contributed by atoms with E-state index in [4.69, 9.17) is 4.43 Å². The molecule has 1 aliphatic rings. The van der Waals surface area contributed by atoms with Crippen LogP contribution in [-0.4, -0.2) is 34.2 Å². The lowest BCUT2D eigenvalue weighted by molar-refractivity contribution is -0.144. The molecule has 0 saturated carbocycles. The number of hydrogen-bond donors (Lipinski definition) is 1. The molecule has 2 unspecified atom stereocenters. The van der Waals surface area contributed by atoms with Crippen LogP contribution in [0, 0.1) is 5.92 Å². The predicted octanol–water partition coefficient (Wildman–Crippen LogP) is 2.45. The lowest BCUT2D eigenvalue weighted by Gasteiger charge is -2.40. The molecule has 0 radical (unpaired) electrons. The molecule has 2 atom stereocenters. The maximum absolute atomic E-state index is 11.3. The summed E-state index contributed by atoms with van der Waals surface area (Å²) in [5.41, 5.74) is 0. The number of rotatable bonds is 3. The minimum atomic E-state index is -1.97. The SMILES string of the molecule is CC(C)(C)[Si](C)(C)OC1CC(C(=O)O)Cn2ncnc21. The molecular weight excluding hydrogens is 274 g/mol. The first-order valence-corrected chi connectivity index (χ1v) is 9.81. The molecule has 2 heterocycles. The second-order valence-electron chi connectivity index (χ2n) is 6.94. The van der Waals surface area contributed by atoms with Gasteiger partial charge in [0.05, 0.1) is 12.5 Å². The van der Waals surface area contributed by atoms with Crippen LogP contribution < -0.4 is 0 Å². The molecule has 112 valence electrons. The zero-order valence-corrected chi connectivity index (χ0v) is 13.8. The number of aliphatic carboxylic acids is 1. The second-order valence-corrected chi connectivity index (χ2v) is 11.7. The standard InChI is InChI=1S/C13H23N3O3Si/c1-13(2,3)20(4,5)19-10-6-9(12(17)18)7-16-11(10)14-8-15-16/h8-10H,6-7H2,1-5H3,(H,17,18). The fourth-order valence-corrected chi connectivity index (χ4v) is 3.39. The largest absolute Gasteiger partial charge is 0.481 e. The van der Waals surface area contributed by atoms with Crippen molar-refractivity contribution in [1.29, 1.82) is 0 Å². The van der Waals surface area contributed by atoms with Gasteiger partial charge in [-0.25, -0.2) is 9.67 Å². The van der Waals surface area contributed by atoms with Gasteiger partial charge in [0.1, 0.15) is 12.4 Å². The molecule has 0 saturated heterocycles. The molecule has 0 bridgehead atoms. The third-order valence-corrected chi connectivity index (χ3v) is 8.90. The van der Waals surface area contributed by atoms with Crippen molar-refractivity contribution in [3.05, 3.63) is 12.2 Å². The summed E-state index contributed by atoms with van der Waals surface area (Å²) in [4.78, 5) is 15.5. The lowest BCUT2D eigenvalue weighted by Crippen LogP contribution is -2.44. The fraction of sp³-hybridized carbons (Fsp3) is 0.769. The number of carboxylic acids is 1. The summed E-state index contributed by atoms with van der Waals surface area (Å²) in [6.07, 6.45) is 1.68. The van der Waals surface area contributed by atoms with Crippen molar-refractivity contribution >= 4 is 14.3 Å². The van der Waals surface area contributed by atoms with Crippen molar-refractivity contribution in [2.75, 3.05) is 0 Å². The van der Waals surface area contributed by atoms with Gasteiger partial charge in [-0.1, -0.05) is 20.8 Å². The Balaban J connectivity index is 2.26. The van der Waals surface area contributed by atoms with Gasteiger partial charge in [0.25, 0.3) is 0 Å². The number of carbonyl (C=O) groups is 1. The van der Waals surface area contributed by atoms with Gasteiger partial charge in [-0.3, -0.25) is 4.79 Å². The minimum absolute atomic E-state index is 0.0774. The lowest BCUT2D eigenvalue weighted by atomic mass is 9.98.